The van der Waals surface area contributed by atoms with Crippen LogP contribution < -0.4 is 5.32 Å². The Morgan fingerprint density at radius 1 is 1.38 bits per heavy atom. The average molecular weight is 293 g/mol. The summed E-state index contributed by atoms with van der Waals surface area (Å²) in [5, 5.41) is 3.24. The maximum absolute atomic E-state index is 13.0. The molecule has 1 aliphatic rings. The lowest BCUT2D eigenvalue weighted by atomic mass is 9.78. The molecule has 3 unspecified atom stereocenters. The summed E-state index contributed by atoms with van der Waals surface area (Å²) in [5.74, 6) is 0.425. The van der Waals surface area contributed by atoms with E-state index in [0.29, 0.717) is 12.5 Å². The number of benzene rings is 1. The van der Waals surface area contributed by atoms with Gasteiger partial charge in [0.2, 0.25) is 0 Å². The van der Waals surface area contributed by atoms with Gasteiger partial charge in [-0.3, -0.25) is 0 Å². The number of anilines is 1. The first-order valence-electron chi connectivity index (χ1n) is 7.79. The molecule has 4 heteroatoms. The molecule has 0 saturated heterocycles. The number of carbonyl (C=O) groups is 1. The zero-order valence-corrected chi connectivity index (χ0v) is 12.8. The van der Waals surface area contributed by atoms with Crippen molar-refractivity contribution in [2.24, 2.45) is 11.8 Å². The highest BCUT2D eigenvalue weighted by molar-refractivity contribution is 5.79. The van der Waals surface area contributed by atoms with E-state index in [0.717, 1.165) is 24.9 Å². The Hall–Kier alpha value is -1.58. The Morgan fingerprint density at radius 2 is 2.10 bits per heavy atom. The Labute approximate surface area is 125 Å². The topological polar surface area (TPSA) is 38.3 Å². The second kappa shape index (κ2) is 7.43. The van der Waals surface area contributed by atoms with Crippen molar-refractivity contribution < 1.29 is 13.9 Å². The Morgan fingerprint density at radius 3 is 2.71 bits per heavy atom. The van der Waals surface area contributed by atoms with Gasteiger partial charge in [0.05, 0.1) is 6.61 Å². The van der Waals surface area contributed by atoms with Crippen LogP contribution in [0.2, 0.25) is 0 Å². The van der Waals surface area contributed by atoms with Gasteiger partial charge in [-0.05, 0) is 55.9 Å². The molecule has 116 valence electrons. The fourth-order valence-corrected chi connectivity index (χ4v) is 3.11. The molecule has 1 saturated carbocycles. The van der Waals surface area contributed by atoms with E-state index in [2.05, 4.69) is 12.2 Å². The Bertz CT molecular complexity index is 460. The minimum atomic E-state index is -0.349. The summed E-state index contributed by atoms with van der Waals surface area (Å²) in [7, 11) is 0. The molecule has 1 N–H and O–H groups in total. The number of rotatable bonds is 5. The molecule has 0 amide bonds. The Balaban J connectivity index is 2.11. The van der Waals surface area contributed by atoms with Crippen molar-refractivity contribution in [2.45, 2.75) is 45.6 Å². The molecule has 2 rings (SSSR count). The minimum absolute atomic E-state index is 0.207. The average Bonchev–Trinajstić information content (AvgIpc) is 2.47. The van der Waals surface area contributed by atoms with Crippen LogP contribution in [0.5, 0.6) is 0 Å². The first-order valence-corrected chi connectivity index (χ1v) is 7.79. The minimum Gasteiger partial charge on any atom is -0.464 e. The van der Waals surface area contributed by atoms with Crippen LogP contribution in [-0.4, -0.2) is 18.6 Å². The Kier molecular flexibility index (Phi) is 5.59. The largest absolute Gasteiger partial charge is 0.464 e. The smallest absolute Gasteiger partial charge is 0.328 e. The fourth-order valence-electron chi connectivity index (χ4n) is 3.11. The quantitative estimate of drug-likeness (QED) is 0.834. The first-order chi connectivity index (χ1) is 10.1. The lowest BCUT2D eigenvalue weighted by molar-refractivity contribution is -0.145. The van der Waals surface area contributed by atoms with Gasteiger partial charge in [0, 0.05) is 5.69 Å². The van der Waals surface area contributed by atoms with E-state index in [4.69, 9.17) is 4.74 Å². The molecule has 1 aliphatic carbocycles. The highest BCUT2D eigenvalue weighted by atomic mass is 19.1. The molecule has 0 bridgehead atoms. The third-order valence-corrected chi connectivity index (χ3v) is 4.16. The molecule has 0 aromatic heterocycles. The van der Waals surface area contributed by atoms with Gasteiger partial charge < -0.3 is 10.1 Å². The highest BCUT2D eigenvalue weighted by Gasteiger charge is 2.32. The van der Waals surface area contributed by atoms with Crippen LogP contribution in [0.4, 0.5) is 10.1 Å². The van der Waals surface area contributed by atoms with Crippen LogP contribution in [0.25, 0.3) is 0 Å². The van der Waals surface area contributed by atoms with Crippen molar-refractivity contribution in [2.75, 3.05) is 11.9 Å². The molecule has 0 spiro atoms. The number of esters is 1. The number of nitrogens with one attached hydrogen (secondary N) is 1. The molecule has 21 heavy (non-hydrogen) atoms. The highest BCUT2D eigenvalue weighted by Crippen LogP contribution is 2.32. The maximum atomic E-state index is 13.0. The van der Waals surface area contributed by atoms with Crippen LogP contribution in [0, 0.1) is 17.7 Å². The summed E-state index contributed by atoms with van der Waals surface area (Å²) in [4.78, 5) is 12.3. The molecule has 3 atom stereocenters. The predicted molar refractivity (Wildman–Crippen MR) is 81.6 cm³/mol. The van der Waals surface area contributed by atoms with Crippen molar-refractivity contribution in [3.8, 4) is 0 Å². The van der Waals surface area contributed by atoms with Gasteiger partial charge in [-0.2, -0.15) is 0 Å². The van der Waals surface area contributed by atoms with Gasteiger partial charge in [-0.1, -0.05) is 19.8 Å². The molecular weight excluding hydrogens is 269 g/mol. The maximum Gasteiger partial charge on any atom is 0.328 e. The van der Waals surface area contributed by atoms with Crippen molar-refractivity contribution in [3.05, 3.63) is 30.1 Å². The predicted octanol–water partition coefficient (Wildman–Crippen LogP) is 4.00. The van der Waals surface area contributed by atoms with E-state index in [1.807, 2.05) is 6.92 Å². The van der Waals surface area contributed by atoms with Crippen molar-refractivity contribution in [1.29, 1.82) is 0 Å². The molecule has 0 radical (unpaired) electrons. The molecule has 1 aromatic carbocycles. The summed E-state index contributed by atoms with van der Waals surface area (Å²) < 4.78 is 18.2. The van der Waals surface area contributed by atoms with Gasteiger partial charge >= 0.3 is 5.97 Å². The van der Waals surface area contributed by atoms with Gasteiger partial charge in [0.25, 0.3) is 0 Å². The molecule has 0 heterocycles. The first kappa shape index (κ1) is 15.8. The van der Waals surface area contributed by atoms with E-state index in [-0.39, 0.29) is 23.7 Å². The summed E-state index contributed by atoms with van der Waals surface area (Å²) in [5.41, 5.74) is 0.757. The molecule has 1 aromatic rings. The van der Waals surface area contributed by atoms with E-state index >= 15 is 0 Å². The van der Waals surface area contributed by atoms with E-state index in [1.54, 1.807) is 12.1 Å². The molecule has 1 fully saturated rings. The molecular formula is C17H24FNO2. The normalized spacial score (nSPS) is 23.4. The van der Waals surface area contributed by atoms with Crippen molar-refractivity contribution >= 4 is 11.7 Å². The third-order valence-electron chi connectivity index (χ3n) is 4.16. The zero-order valence-electron chi connectivity index (χ0n) is 12.8. The van der Waals surface area contributed by atoms with E-state index in [9.17, 15) is 9.18 Å². The number of hydrogen-bond donors (Lipinski definition) is 1. The summed E-state index contributed by atoms with van der Waals surface area (Å²) in [6, 6.07) is 5.77. The van der Waals surface area contributed by atoms with E-state index < -0.39 is 0 Å². The second-order valence-electron chi connectivity index (χ2n) is 5.91. The van der Waals surface area contributed by atoms with Crippen LogP contribution >= 0.6 is 0 Å². The lowest BCUT2D eigenvalue weighted by Crippen LogP contribution is -2.40. The summed E-state index contributed by atoms with van der Waals surface area (Å²) in [6.45, 7) is 4.42. The monoisotopic (exact) mass is 293 g/mol. The summed E-state index contributed by atoms with van der Waals surface area (Å²) in [6.07, 6.45) is 4.43. The van der Waals surface area contributed by atoms with Crippen LogP contribution in [-0.2, 0) is 9.53 Å². The van der Waals surface area contributed by atoms with Crippen molar-refractivity contribution in [1.82, 2.24) is 0 Å². The van der Waals surface area contributed by atoms with Gasteiger partial charge in [-0.15, -0.1) is 0 Å². The second-order valence-corrected chi connectivity index (χ2v) is 5.91. The number of ether oxygens (including phenoxy) is 1. The van der Waals surface area contributed by atoms with Crippen LogP contribution in [0.3, 0.4) is 0 Å². The van der Waals surface area contributed by atoms with Gasteiger partial charge in [0.1, 0.15) is 11.9 Å². The number of halogens is 1. The lowest BCUT2D eigenvalue weighted by Gasteiger charge is -2.32. The summed E-state index contributed by atoms with van der Waals surface area (Å²) >= 11 is 0. The van der Waals surface area contributed by atoms with Gasteiger partial charge in [0.15, 0.2) is 0 Å². The third kappa shape index (κ3) is 4.45. The standard InChI is InChI=1S/C17H24FNO2/c1-3-21-17(20)16(13-6-4-5-12(2)11-13)19-15-9-7-14(18)8-10-15/h7-10,12-13,16,19H,3-6,11H2,1-2H3. The molecule has 0 aliphatic heterocycles. The zero-order chi connectivity index (χ0) is 15.2. The fraction of sp³-hybridized carbons (Fsp3) is 0.588. The van der Waals surface area contributed by atoms with Crippen LogP contribution in [0.1, 0.15) is 39.5 Å². The number of carbonyl (C=O) groups excluding carboxylic acids is 1. The van der Waals surface area contributed by atoms with Gasteiger partial charge in [-0.25, -0.2) is 9.18 Å². The SMILES string of the molecule is CCOC(=O)C(Nc1ccc(F)cc1)C1CCCC(C)C1. The van der Waals surface area contributed by atoms with Crippen LogP contribution in [0.15, 0.2) is 24.3 Å². The number of hydrogen-bond acceptors (Lipinski definition) is 3. The van der Waals surface area contributed by atoms with E-state index in [1.165, 1.54) is 18.6 Å². The van der Waals surface area contributed by atoms with Crippen molar-refractivity contribution in [3.63, 3.8) is 0 Å². The molecule has 3 nitrogen and oxygen atoms in total.